The Kier molecular flexibility index (Phi) is 8.11. The van der Waals surface area contributed by atoms with Gasteiger partial charge in [-0.2, -0.15) is 0 Å². The van der Waals surface area contributed by atoms with Crippen LogP contribution in [0.4, 0.5) is 0 Å². The minimum absolute atomic E-state index is 0.641. The molecule has 0 aliphatic rings. The third kappa shape index (κ3) is 5.96. The van der Waals surface area contributed by atoms with Crippen molar-refractivity contribution in [1.29, 1.82) is 0 Å². The van der Waals surface area contributed by atoms with Crippen molar-refractivity contribution in [3.63, 3.8) is 0 Å². The van der Waals surface area contributed by atoms with Crippen LogP contribution in [-0.4, -0.2) is 19.9 Å². The van der Waals surface area contributed by atoms with Crippen LogP contribution in [0.2, 0.25) is 0 Å². The molecule has 0 bridgehead atoms. The van der Waals surface area contributed by atoms with Gasteiger partial charge in [-0.25, -0.2) is 9.97 Å². The highest BCUT2D eigenvalue weighted by molar-refractivity contribution is 6.14. The van der Waals surface area contributed by atoms with Crippen LogP contribution in [0.5, 0.6) is 0 Å². The van der Waals surface area contributed by atoms with Gasteiger partial charge in [0, 0.05) is 52.4 Å². The average molecular weight is 739 g/mol. The first kappa shape index (κ1) is 33.5. The van der Waals surface area contributed by atoms with Crippen LogP contribution in [0.25, 0.3) is 110 Å². The monoisotopic (exact) mass is 738 g/mol. The first-order valence-electron chi connectivity index (χ1n) is 19.5. The largest absolute Gasteiger partial charge is 0.264 e. The first-order chi connectivity index (χ1) is 28.7. The summed E-state index contributed by atoms with van der Waals surface area (Å²) in [6.07, 6.45) is 7.53. The standard InChI is InChI=1S/C54H34N4/c1-4-19-44-35(12-1)15-10-24-47(44)41-27-42(50-30-37-13-2-5-20-45(37)48-22-7-8-23-49(48)50)29-43(28-41)54-57-52(31-53(58-54)40-18-11-25-55-33-40)38-17-9-16-36(26-38)51-34-56-32-39-14-3-6-21-46(39)51/h1-34H. The Morgan fingerprint density at radius 2 is 0.862 bits per heavy atom. The highest BCUT2D eigenvalue weighted by atomic mass is 14.9. The number of fused-ring (bicyclic) bond motifs is 5. The smallest absolute Gasteiger partial charge is 0.160 e. The number of hydrogen-bond acceptors (Lipinski definition) is 4. The maximum absolute atomic E-state index is 5.39. The molecule has 0 radical (unpaired) electrons. The third-order valence-electron chi connectivity index (χ3n) is 11.2. The van der Waals surface area contributed by atoms with Gasteiger partial charge in [0.2, 0.25) is 0 Å². The van der Waals surface area contributed by atoms with E-state index >= 15 is 0 Å². The van der Waals surface area contributed by atoms with Gasteiger partial charge in [-0.05, 0) is 114 Å². The highest BCUT2D eigenvalue weighted by Gasteiger charge is 2.17. The number of aromatic nitrogens is 4. The molecule has 0 saturated carbocycles. The van der Waals surface area contributed by atoms with Gasteiger partial charge < -0.3 is 0 Å². The molecule has 0 atom stereocenters. The van der Waals surface area contributed by atoms with E-state index in [1.807, 2.05) is 24.7 Å². The second-order valence-corrected chi connectivity index (χ2v) is 14.7. The van der Waals surface area contributed by atoms with Crippen LogP contribution < -0.4 is 0 Å². The SMILES string of the molecule is c1cncc(-c2cc(-c3cccc(-c4cncc5ccccc45)c3)nc(-c3cc(-c4cccc5ccccc45)cc(-c4cc5ccccc5c5ccccc45)c3)n2)c1. The summed E-state index contributed by atoms with van der Waals surface area (Å²) in [6, 6.07) is 64.7. The fourth-order valence-electron chi connectivity index (χ4n) is 8.42. The molecular weight excluding hydrogens is 705 g/mol. The predicted molar refractivity (Wildman–Crippen MR) is 240 cm³/mol. The Bertz CT molecular complexity index is 3340. The third-order valence-corrected chi connectivity index (χ3v) is 11.2. The zero-order valence-electron chi connectivity index (χ0n) is 31.4. The van der Waals surface area contributed by atoms with Gasteiger partial charge in [0.25, 0.3) is 0 Å². The van der Waals surface area contributed by atoms with Crippen molar-refractivity contribution in [2.24, 2.45) is 0 Å². The topological polar surface area (TPSA) is 51.6 Å². The van der Waals surface area contributed by atoms with Crippen molar-refractivity contribution in [2.45, 2.75) is 0 Å². The number of rotatable bonds is 6. The first-order valence-corrected chi connectivity index (χ1v) is 19.5. The molecule has 11 aromatic rings. The fraction of sp³-hybridized carbons (Fsp3) is 0. The summed E-state index contributed by atoms with van der Waals surface area (Å²) < 4.78 is 0. The zero-order valence-corrected chi connectivity index (χ0v) is 31.4. The Hall–Kier alpha value is -7.82. The van der Waals surface area contributed by atoms with Gasteiger partial charge in [-0.15, -0.1) is 0 Å². The van der Waals surface area contributed by atoms with Crippen molar-refractivity contribution < 1.29 is 0 Å². The molecule has 0 amide bonds. The summed E-state index contributed by atoms with van der Waals surface area (Å²) in [5.74, 6) is 0.641. The number of nitrogens with zero attached hydrogens (tertiary/aromatic N) is 4. The van der Waals surface area contributed by atoms with Crippen LogP contribution in [0, 0.1) is 0 Å². The molecule has 0 unspecified atom stereocenters. The molecule has 0 aliphatic carbocycles. The molecule has 3 aromatic heterocycles. The molecule has 4 nitrogen and oxygen atoms in total. The maximum atomic E-state index is 5.39. The second kappa shape index (κ2) is 14.0. The molecule has 0 aliphatic heterocycles. The number of pyridine rings is 2. The van der Waals surface area contributed by atoms with E-state index in [1.165, 1.54) is 32.3 Å². The normalized spacial score (nSPS) is 11.4. The molecule has 8 aromatic carbocycles. The molecule has 3 heterocycles. The molecule has 0 fully saturated rings. The summed E-state index contributed by atoms with van der Waals surface area (Å²) >= 11 is 0. The molecule has 11 rings (SSSR count). The highest BCUT2D eigenvalue weighted by Crippen LogP contribution is 2.41. The maximum Gasteiger partial charge on any atom is 0.160 e. The van der Waals surface area contributed by atoms with E-state index in [1.54, 1.807) is 6.20 Å². The Balaban J connectivity index is 1.16. The number of benzene rings is 8. The number of hydrogen-bond donors (Lipinski definition) is 0. The van der Waals surface area contributed by atoms with Gasteiger partial charge >= 0.3 is 0 Å². The molecule has 0 saturated heterocycles. The van der Waals surface area contributed by atoms with E-state index in [0.29, 0.717) is 5.82 Å². The van der Waals surface area contributed by atoms with E-state index < -0.39 is 0 Å². The molecule has 4 heteroatoms. The van der Waals surface area contributed by atoms with Crippen molar-refractivity contribution in [1.82, 2.24) is 19.9 Å². The van der Waals surface area contributed by atoms with E-state index in [2.05, 4.69) is 186 Å². The minimum Gasteiger partial charge on any atom is -0.264 e. The summed E-state index contributed by atoms with van der Waals surface area (Å²) in [6.45, 7) is 0. The molecule has 270 valence electrons. The Labute approximate surface area is 335 Å². The summed E-state index contributed by atoms with van der Waals surface area (Å²) in [7, 11) is 0. The van der Waals surface area contributed by atoms with Gasteiger partial charge in [0.15, 0.2) is 5.82 Å². The lowest BCUT2D eigenvalue weighted by Gasteiger charge is -2.16. The van der Waals surface area contributed by atoms with Crippen LogP contribution in [-0.2, 0) is 0 Å². The lowest BCUT2D eigenvalue weighted by molar-refractivity contribution is 1.18. The molecule has 0 N–H and O–H groups in total. The van der Waals surface area contributed by atoms with E-state index in [9.17, 15) is 0 Å². The lowest BCUT2D eigenvalue weighted by atomic mass is 9.89. The van der Waals surface area contributed by atoms with Crippen molar-refractivity contribution >= 4 is 43.1 Å². The van der Waals surface area contributed by atoms with Crippen LogP contribution in [0.1, 0.15) is 0 Å². The Morgan fingerprint density at radius 3 is 1.67 bits per heavy atom. The van der Waals surface area contributed by atoms with E-state index in [-0.39, 0.29) is 0 Å². The fourth-order valence-corrected chi connectivity index (χ4v) is 8.42. The van der Waals surface area contributed by atoms with Crippen LogP contribution in [0.15, 0.2) is 207 Å². The summed E-state index contributed by atoms with van der Waals surface area (Å²) in [5.41, 5.74) is 11.2. The van der Waals surface area contributed by atoms with Gasteiger partial charge in [0.1, 0.15) is 0 Å². The predicted octanol–water partition coefficient (Wildman–Crippen LogP) is 13.9. The van der Waals surface area contributed by atoms with Crippen LogP contribution >= 0.6 is 0 Å². The van der Waals surface area contributed by atoms with Crippen molar-refractivity contribution in [2.75, 3.05) is 0 Å². The zero-order chi connectivity index (χ0) is 38.4. The lowest BCUT2D eigenvalue weighted by Crippen LogP contribution is -1.97. The quantitative estimate of drug-likeness (QED) is 0.159. The molecule has 58 heavy (non-hydrogen) atoms. The molecular formula is C54H34N4. The van der Waals surface area contributed by atoms with Gasteiger partial charge in [0.05, 0.1) is 11.4 Å². The van der Waals surface area contributed by atoms with Gasteiger partial charge in [-0.3, -0.25) is 9.97 Å². The van der Waals surface area contributed by atoms with E-state index in [4.69, 9.17) is 9.97 Å². The summed E-state index contributed by atoms with van der Waals surface area (Å²) in [4.78, 5) is 19.8. The second-order valence-electron chi connectivity index (χ2n) is 14.7. The van der Waals surface area contributed by atoms with Crippen molar-refractivity contribution in [3.8, 4) is 67.3 Å². The average Bonchev–Trinajstić information content (AvgIpc) is 3.31. The minimum atomic E-state index is 0.641. The Morgan fingerprint density at radius 1 is 0.276 bits per heavy atom. The van der Waals surface area contributed by atoms with E-state index in [0.717, 1.165) is 72.2 Å². The molecule has 0 spiro atoms. The van der Waals surface area contributed by atoms with Gasteiger partial charge in [-0.1, -0.05) is 133 Å². The summed E-state index contributed by atoms with van der Waals surface area (Å²) in [5, 5.41) is 9.53. The van der Waals surface area contributed by atoms with Crippen molar-refractivity contribution in [3.05, 3.63) is 207 Å². The van der Waals surface area contributed by atoms with Crippen LogP contribution in [0.3, 0.4) is 0 Å².